The summed E-state index contributed by atoms with van der Waals surface area (Å²) < 4.78 is 54.8. The summed E-state index contributed by atoms with van der Waals surface area (Å²) >= 11 is 0. The highest BCUT2D eigenvalue weighted by atomic mass is 32.2. The van der Waals surface area contributed by atoms with Gasteiger partial charge >= 0.3 is 0 Å². The molecule has 10 heteroatoms. The van der Waals surface area contributed by atoms with E-state index in [1.54, 1.807) is 25.4 Å². The standard InChI is InChI=1S/C23H24FN3O5S/c1-14(13-30-2)31-16-9-15(22-26-20-5-4-8-25-23(20)27-22)10-17(11-16)32-21-7-6-18(12-19(21)24)33(3,28)29/h4-12,14,22,26H,13H2,1-3H3,(H,25,27)/t14-,22?/m0/s1. The van der Waals surface area contributed by atoms with Gasteiger partial charge < -0.3 is 24.8 Å². The molecule has 0 spiro atoms. The van der Waals surface area contributed by atoms with Gasteiger partial charge in [-0.2, -0.15) is 0 Å². The van der Waals surface area contributed by atoms with Crippen LogP contribution in [0, 0.1) is 5.82 Å². The lowest BCUT2D eigenvalue weighted by molar-refractivity contribution is 0.0919. The molecule has 8 nitrogen and oxygen atoms in total. The largest absolute Gasteiger partial charge is 0.488 e. The number of fused-ring (bicyclic) bond motifs is 1. The number of aromatic nitrogens is 1. The van der Waals surface area contributed by atoms with Gasteiger partial charge in [0.05, 0.1) is 17.2 Å². The van der Waals surface area contributed by atoms with Gasteiger partial charge in [0.2, 0.25) is 0 Å². The minimum atomic E-state index is -3.53. The number of hydrogen-bond acceptors (Lipinski definition) is 8. The fourth-order valence-electron chi connectivity index (χ4n) is 3.44. The van der Waals surface area contributed by atoms with Crippen molar-refractivity contribution in [2.24, 2.45) is 0 Å². The highest BCUT2D eigenvalue weighted by Gasteiger charge is 2.23. The first kappa shape index (κ1) is 22.8. The van der Waals surface area contributed by atoms with Gasteiger partial charge in [-0.05, 0) is 49.4 Å². The number of nitrogens with zero attached hydrogens (tertiary/aromatic N) is 1. The Morgan fingerprint density at radius 3 is 2.61 bits per heavy atom. The van der Waals surface area contributed by atoms with E-state index in [1.165, 1.54) is 12.1 Å². The molecule has 0 fully saturated rings. The Balaban J connectivity index is 1.65. The maximum absolute atomic E-state index is 14.6. The van der Waals surface area contributed by atoms with Crippen LogP contribution in [0.15, 0.2) is 59.6 Å². The van der Waals surface area contributed by atoms with Crippen molar-refractivity contribution in [3.8, 4) is 17.2 Å². The third-order valence-electron chi connectivity index (χ3n) is 4.92. The number of hydrogen-bond donors (Lipinski definition) is 2. The van der Waals surface area contributed by atoms with Crippen molar-refractivity contribution in [1.82, 2.24) is 4.98 Å². The highest BCUT2D eigenvalue weighted by molar-refractivity contribution is 7.90. The molecule has 0 saturated heterocycles. The molecule has 2 atom stereocenters. The maximum atomic E-state index is 14.6. The molecular weight excluding hydrogens is 449 g/mol. The normalized spacial score (nSPS) is 15.8. The maximum Gasteiger partial charge on any atom is 0.175 e. The Morgan fingerprint density at radius 2 is 1.91 bits per heavy atom. The number of rotatable bonds is 8. The lowest BCUT2D eigenvalue weighted by atomic mass is 10.1. The van der Waals surface area contributed by atoms with E-state index in [-0.39, 0.29) is 22.9 Å². The summed E-state index contributed by atoms with van der Waals surface area (Å²) in [6.07, 6.45) is 2.17. The fraction of sp³-hybridized carbons (Fsp3) is 0.261. The summed E-state index contributed by atoms with van der Waals surface area (Å²) in [5.41, 5.74) is 1.63. The molecule has 0 aliphatic carbocycles. The number of nitrogens with one attached hydrogen (secondary N) is 2. The van der Waals surface area contributed by atoms with Crippen LogP contribution in [0.4, 0.5) is 15.9 Å². The minimum absolute atomic E-state index is 0.104. The van der Waals surface area contributed by atoms with Gasteiger partial charge in [-0.25, -0.2) is 17.8 Å². The number of halogens is 1. The number of methoxy groups -OCH3 is 1. The third-order valence-corrected chi connectivity index (χ3v) is 6.03. The van der Waals surface area contributed by atoms with Crippen molar-refractivity contribution >= 4 is 21.3 Å². The molecule has 3 aromatic rings. The second kappa shape index (κ2) is 9.24. The van der Waals surface area contributed by atoms with Crippen LogP contribution in [0.2, 0.25) is 0 Å². The van der Waals surface area contributed by atoms with Crippen molar-refractivity contribution in [3.05, 3.63) is 66.1 Å². The van der Waals surface area contributed by atoms with Crippen molar-refractivity contribution in [1.29, 1.82) is 0 Å². The van der Waals surface area contributed by atoms with Crippen LogP contribution in [0.25, 0.3) is 0 Å². The first-order chi connectivity index (χ1) is 15.7. The summed E-state index contributed by atoms with van der Waals surface area (Å²) in [6.45, 7) is 2.25. The van der Waals surface area contributed by atoms with Gasteiger partial charge in [0.25, 0.3) is 0 Å². The molecule has 4 rings (SSSR count). The van der Waals surface area contributed by atoms with Crippen LogP contribution in [0.1, 0.15) is 18.7 Å². The molecule has 0 amide bonds. The first-order valence-corrected chi connectivity index (χ1v) is 12.1. The topological polar surface area (TPSA) is 98.8 Å². The number of sulfone groups is 1. The van der Waals surface area contributed by atoms with E-state index >= 15 is 0 Å². The number of pyridine rings is 1. The van der Waals surface area contributed by atoms with Crippen LogP contribution in [-0.2, 0) is 14.6 Å². The van der Waals surface area contributed by atoms with Crippen molar-refractivity contribution in [2.45, 2.75) is 24.1 Å². The molecule has 0 radical (unpaired) electrons. The average molecular weight is 474 g/mol. The van der Waals surface area contributed by atoms with Crippen LogP contribution in [0.3, 0.4) is 0 Å². The van der Waals surface area contributed by atoms with E-state index in [4.69, 9.17) is 14.2 Å². The number of anilines is 2. The molecule has 0 saturated carbocycles. The van der Waals surface area contributed by atoms with Crippen LogP contribution in [-0.4, -0.2) is 39.5 Å². The zero-order valence-corrected chi connectivity index (χ0v) is 19.1. The van der Waals surface area contributed by atoms with E-state index in [0.29, 0.717) is 23.9 Å². The van der Waals surface area contributed by atoms with Gasteiger partial charge in [0.15, 0.2) is 27.2 Å². The van der Waals surface area contributed by atoms with Gasteiger partial charge in [0, 0.05) is 31.2 Å². The van der Waals surface area contributed by atoms with Crippen molar-refractivity contribution < 1.29 is 27.0 Å². The van der Waals surface area contributed by atoms with Crippen LogP contribution < -0.4 is 20.1 Å². The third kappa shape index (κ3) is 5.35. The minimum Gasteiger partial charge on any atom is -0.488 e. The van der Waals surface area contributed by atoms with Gasteiger partial charge in [0.1, 0.15) is 23.8 Å². The molecule has 2 aromatic carbocycles. The van der Waals surface area contributed by atoms with Crippen LogP contribution in [0.5, 0.6) is 17.2 Å². The number of benzene rings is 2. The number of ether oxygens (including phenoxy) is 3. The molecule has 1 aromatic heterocycles. The monoisotopic (exact) mass is 473 g/mol. The van der Waals surface area contributed by atoms with Crippen molar-refractivity contribution in [3.63, 3.8) is 0 Å². The van der Waals surface area contributed by atoms with Crippen molar-refractivity contribution in [2.75, 3.05) is 30.6 Å². The Hall–Kier alpha value is -3.37. The predicted molar refractivity (Wildman–Crippen MR) is 122 cm³/mol. The van der Waals surface area contributed by atoms with E-state index in [9.17, 15) is 12.8 Å². The summed E-state index contributed by atoms with van der Waals surface area (Å²) in [4.78, 5) is 4.19. The second-order valence-corrected chi connectivity index (χ2v) is 9.73. The summed E-state index contributed by atoms with van der Waals surface area (Å²) in [7, 11) is -1.95. The lowest BCUT2D eigenvalue weighted by Gasteiger charge is -2.19. The molecule has 174 valence electrons. The summed E-state index contributed by atoms with van der Waals surface area (Å²) in [5.74, 6) is 0.657. The summed E-state index contributed by atoms with van der Waals surface area (Å²) in [5, 5.41) is 6.62. The smallest absolute Gasteiger partial charge is 0.175 e. The quantitative estimate of drug-likeness (QED) is 0.498. The molecular formula is C23H24FN3O5S. The Labute approximate surface area is 191 Å². The Kier molecular flexibility index (Phi) is 6.39. The molecule has 2 N–H and O–H groups in total. The van der Waals surface area contributed by atoms with E-state index in [0.717, 1.165) is 23.6 Å². The average Bonchev–Trinajstić information content (AvgIpc) is 3.19. The SMILES string of the molecule is COC[C@H](C)Oc1cc(Oc2ccc(S(C)(=O)=O)cc2F)cc(C2Nc3cccnc3N2)c1. The molecule has 1 unspecified atom stereocenters. The fourth-order valence-corrected chi connectivity index (χ4v) is 4.07. The Bertz CT molecular complexity index is 1240. The summed E-state index contributed by atoms with van der Waals surface area (Å²) in [6, 6.07) is 12.5. The predicted octanol–water partition coefficient (Wildman–Crippen LogP) is 4.37. The lowest BCUT2D eigenvalue weighted by Crippen LogP contribution is -2.18. The van der Waals surface area contributed by atoms with Crippen LogP contribution >= 0.6 is 0 Å². The zero-order chi connectivity index (χ0) is 23.6. The van der Waals surface area contributed by atoms with Gasteiger partial charge in [-0.15, -0.1) is 0 Å². The molecule has 1 aliphatic rings. The second-order valence-electron chi connectivity index (χ2n) is 7.71. The first-order valence-electron chi connectivity index (χ1n) is 10.2. The highest BCUT2D eigenvalue weighted by Crippen LogP contribution is 2.37. The molecule has 2 heterocycles. The Morgan fingerprint density at radius 1 is 1.12 bits per heavy atom. The molecule has 0 bridgehead atoms. The molecule has 1 aliphatic heterocycles. The zero-order valence-electron chi connectivity index (χ0n) is 18.3. The van der Waals surface area contributed by atoms with E-state index in [1.807, 2.05) is 25.1 Å². The van der Waals surface area contributed by atoms with E-state index in [2.05, 4.69) is 15.6 Å². The van der Waals surface area contributed by atoms with Gasteiger partial charge in [-0.1, -0.05) is 0 Å². The van der Waals surface area contributed by atoms with Gasteiger partial charge in [-0.3, -0.25) is 0 Å². The van der Waals surface area contributed by atoms with E-state index < -0.39 is 15.7 Å². The molecule has 33 heavy (non-hydrogen) atoms.